The lowest BCUT2D eigenvalue weighted by atomic mass is 10.1. The van der Waals surface area contributed by atoms with Crippen molar-refractivity contribution in [3.05, 3.63) is 46.5 Å². The van der Waals surface area contributed by atoms with E-state index in [-0.39, 0.29) is 0 Å². The average Bonchev–Trinajstić information content (AvgIpc) is 2.98. The van der Waals surface area contributed by atoms with Crippen LogP contribution in [0.3, 0.4) is 0 Å². The molecule has 2 aromatic rings. The van der Waals surface area contributed by atoms with E-state index in [2.05, 4.69) is 20.9 Å². The summed E-state index contributed by atoms with van der Waals surface area (Å²) < 4.78 is 2.74. The van der Waals surface area contributed by atoms with Gasteiger partial charge < -0.3 is 4.57 Å². The van der Waals surface area contributed by atoms with Crippen molar-refractivity contribution < 1.29 is 9.59 Å². The summed E-state index contributed by atoms with van der Waals surface area (Å²) in [6.45, 7) is 3.14. The number of anilines is 1. The van der Waals surface area contributed by atoms with E-state index in [1.807, 2.05) is 17.6 Å². The summed E-state index contributed by atoms with van der Waals surface area (Å²) in [7, 11) is 0. The van der Waals surface area contributed by atoms with Crippen LogP contribution in [0, 0.1) is 0 Å². The van der Waals surface area contributed by atoms with Gasteiger partial charge in [-0.15, -0.1) is 0 Å². The monoisotopic (exact) mass is 333 g/mol. The minimum atomic E-state index is -0.484. The van der Waals surface area contributed by atoms with Crippen LogP contribution in [0.4, 0.5) is 5.69 Å². The van der Waals surface area contributed by atoms with Crippen LogP contribution in [0.2, 0.25) is 0 Å². The molecule has 0 radical (unpaired) electrons. The number of amides is 1. The van der Waals surface area contributed by atoms with Crippen molar-refractivity contribution in [3.63, 3.8) is 0 Å². The predicted octanol–water partition coefficient (Wildman–Crippen LogP) is 2.40. The Morgan fingerprint density at radius 2 is 2.10 bits per heavy atom. The standard InChI is InChI=1S/C14H12BrN3O2/c1-2-17-8-16-6-10(17)7-18-12-4-3-9(15)5-11(12)13(19)14(18)20/h3-6,8H,2,7H2,1H3. The SMILES string of the molecule is CCn1cncc1CN1C(=O)C(=O)c2cc(Br)ccc21. The van der Waals surface area contributed by atoms with Gasteiger partial charge >= 0.3 is 0 Å². The number of benzene rings is 1. The van der Waals surface area contributed by atoms with E-state index in [1.165, 1.54) is 4.90 Å². The topological polar surface area (TPSA) is 55.2 Å². The van der Waals surface area contributed by atoms with Crippen molar-refractivity contribution in [1.29, 1.82) is 0 Å². The summed E-state index contributed by atoms with van der Waals surface area (Å²) in [5.74, 6) is -0.939. The molecule has 3 rings (SSSR count). The van der Waals surface area contributed by atoms with Crippen LogP contribution in [-0.2, 0) is 17.9 Å². The Hall–Kier alpha value is -1.95. The number of rotatable bonds is 3. The summed E-state index contributed by atoms with van der Waals surface area (Å²) in [5.41, 5.74) is 2.02. The molecule has 6 heteroatoms. The Labute approximate surface area is 124 Å². The molecule has 0 bridgehead atoms. The molecule has 0 N–H and O–H groups in total. The van der Waals surface area contributed by atoms with Gasteiger partial charge in [-0.3, -0.25) is 14.5 Å². The zero-order chi connectivity index (χ0) is 14.3. The lowest BCUT2D eigenvalue weighted by Crippen LogP contribution is -2.30. The summed E-state index contributed by atoms with van der Waals surface area (Å²) in [6, 6.07) is 5.30. The smallest absolute Gasteiger partial charge is 0.299 e. The van der Waals surface area contributed by atoms with Crippen LogP contribution >= 0.6 is 15.9 Å². The first-order chi connectivity index (χ1) is 9.61. The highest BCUT2D eigenvalue weighted by atomic mass is 79.9. The van der Waals surface area contributed by atoms with E-state index >= 15 is 0 Å². The number of carbonyl (C=O) groups excluding carboxylic acids is 2. The third-order valence-electron chi connectivity index (χ3n) is 3.39. The number of halogens is 1. The second-order valence-electron chi connectivity index (χ2n) is 4.55. The Balaban J connectivity index is 1.99. The Bertz CT molecular complexity index is 708. The predicted molar refractivity (Wildman–Crippen MR) is 77.6 cm³/mol. The van der Waals surface area contributed by atoms with Gasteiger partial charge in [0.15, 0.2) is 0 Å². The molecule has 20 heavy (non-hydrogen) atoms. The summed E-state index contributed by atoms with van der Waals surface area (Å²) >= 11 is 3.32. The number of aryl methyl sites for hydroxylation is 1. The van der Waals surface area contributed by atoms with E-state index in [1.54, 1.807) is 24.7 Å². The molecule has 1 aliphatic heterocycles. The molecule has 1 aromatic carbocycles. The second kappa shape index (κ2) is 4.86. The third kappa shape index (κ3) is 1.96. The first-order valence-corrected chi connectivity index (χ1v) is 7.06. The number of ketones is 1. The summed E-state index contributed by atoms with van der Waals surface area (Å²) in [4.78, 5) is 29.7. The van der Waals surface area contributed by atoms with Crippen LogP contribution in [0.5, 0.6) is 0 Å². The molecular weight excluding hydrogens is 322 g/mol. The number of hydrogen-bond acceptors (Lipinski definition) is 3. The van der Waals surface area contributed by atoms with Crippen LogP contribution in [0.15, 0.2) is 35.2 Å². The fourth-order valence-corrected chi connectivity index (χ4v) is 2.72. The first-order valence-electron chi connectivity index (χ1n) is 6.26. The molecule has 0 fully saturated rings. The van der Waals surface area contributed by atoms with Crippen molar-refractivity contribution in [2.45, 2.75) is 20.0 Å². The quantitative estimate of drug-likeness (QED) is 0.810. The number of hydrogen-bond donors (Lipinski definition) is 0. The number of imidazole rings is 1. The first kappa shape index (κ1) is 13.1. The van der Waals surface area contributed by atoms with E-state index in [0.29, 0.717) is 17.8 Å². The number of carbonyl (C=O) groups is 2. The van der Waals surface area contributed by atoms with E-state index in [9.17, 15) is 9.59 Å². The van der Waals surface area contributed by atoms with Gasteiger partial charge in [0, 0.05) is 17.2 Å². The maximum atomic E-state index is 12.1. The Morgan fingerprint density at radius 3 is 2.85 bits per heavy atom. The van der Waals surface area contributed by atoms with Gasteiger partial charge in [-0.1, -0.05) is 15.9 Å². The van der Waals surface area contributed by atoms with Crippen molar-refractivity contribution in [2.75, 3.05) is 4.90 Å². The van der Waals surface area contributed by atoms with Crippen LogP contribution in [-0.4, -0.2) is 21.2 Å². The van der Waals surface area contributed by atoms with Crippen molar-refractivity contribution in [1.82, 2.24) is 9.55 Å². The Kier molecular flexibility index (Phi) is 3.17. The van der Waals surface area contributed by atoms with Gasteiger partial charge in [-0.25, -0.2) is 4.98 Å². The summed E-state index contributed by atoms with van der Waals surface area (Å²) in [5, 5.41) is 0. The van der Waals surface area contributed by atoms with Gasteiger partial charge in [0.2, 0.25) is 0 Å². The molecule has 0 saturated carbocycles. The molecule has 1 amide bonds. The van der Waals surface area contributed by atoms with Gasteiger partial charge in [-0.05, 0) is 25.1 Å². The minimum absolute atomic E-state index is 0.354. The van der Waals surface area contributed by atoms with Gasteiger partial charge in [0.1, 0.15) is 0 Å². The molecular formula is C14H12BrN3O2. The van der Waals surface area contributed by atoms with E-state index in [0.717, 1.165) is 16.7 Å². The van der Waals surface area contributed by atoms with E-state index < -0.39 is 11.7 Å². The molecule has 0 atom stereocenters. The van der Waals surface area contributed by atoms with Gasteiger partial charge in [0.05, 0.1) is 29.8 Å². The molecule has 1 aromatic heterocycles. The number of aromatic nitrogens is 2. The molecule has 5 nitrogen and oxygen atoms in total. The number of fused-ring (bicyclic) bond motifs is 1. The van der Waals surface area contributed by atoms with Crippen LogP contribution in [0.25, 0.3) is 0 Å². The highest BCUT2D eigenvalue weighted by molar-refractivity contribution is 9.10. The molecule has 102 valence electrons. The maximum absolute atomic E-state index is 12.1. The second-order valence-corrected chi connectivity index (χ2v) is 5.47. The average molecular weight is 334 g/mol. The highest BCUT2D eigenvalue weighted by Gasteiger charge is 2.36. The molecule has 0 aliphatic carbocycles. The lowest BCUT2D eigenvalue weighted by molar-refractivity contribution is -0.114. The van der Waals surface area contributed by atoms with E-state index in [4.69, 9.17) is 0 Å². The molecule has 0 unspecified atom stereocenters. The van der Waals surface area contributed by atoms with Crippen LogP contribution < -0.4 is 4.90 Å². The lowest BCUT2D eigenvalue weighted by Gasteiger charge is -2.17. The normalized spacial score (nSPS) is 14.0. The summed E-state index contributed by atoms with van der Waals surface area (Å²) in [6.07, 6.45) is 3.44. The fraction of sp³-hybridized carbons (Fsp3) is 0.214. The third-order valence-corrected chi connectivity index (χ3v) is 3.89. The maximum Gasteiger partial charge on any atom is 0.299 e. The van der Waals surface area contributed by atoms with Crippen molar-refractivity contribution in [2.24, 2.45) is 0 Å². The molecule has 0 spiro atoms. The zero-order valence-electron chi connectivity index (χ0n) is 10.8. The number of nitrogens with zero attached hydrogens (tertiary/aromatic N) is 3. The van der Waals surface area contributed by atoms with Gasteiger partial charge in [0.25, 0.3) is 11.7 Å². The van der Waals surface area contributed by atoms with Gasteiger partial charge in [-0.2, -0.15) is 0 Å². The zero-order valence-corrected chi connectivity index (χ0v) is 12.4. The van der Waals surface area contributed by atoms with Crippen LogP contribution in [0.1, 0.15) is 23.0 Å². The van der Waals surface area contributed by atoms with Crippen molar-refractivity contribution >= 4 is 33.3 Å². The molecule has 0 saturated heterocycles. The minimum Gasteiger partial charge on any atom is -0.333 e. The largest absolute Gasteiger partial charge is 0.333 e. The number of Topliss-reactive ketones (excluding diaryl/α,β-unsaturated/α-hetero) is 1. The van der Waals surface area contributed by atoms with Crippen molar-refractivity contribution in [3.8, 4) is 0 Å². The highest BCUT2D eigenvalue weighted by Crippen LogP contribution is 2.32. The molecule has 2 heterocycles. The molecule has 1 aliphatic rings. The Morgan fingerprint density at radius 1 is 1.30 bits per heavy atom. The fourth-order valence-electron chi connectivity index (χ4n) is 2.36.